The molecular weight excluding hydrogens is 419 g/mol. The summed E-state index contributed by atoms with van der Waals surface area (Å²) in [7, 11) is 0. The van der Waals surface area contributed by atoms with Crippen LogP contribution in [0.1, 0.15) is 25.2 Å². The summed E-state index contributed by atoms with van der Waals surface area (Å²) in [4.78, 5) is 18.8. The van der Waals surface area contributed by atoms with Crippen molar-refractivity contribution in [1.29, 1.82) is 0 Å². The lowest BCUT2D eigenvalue weighted by atomic mass is 9.99. The average Bonchev–Trinajstić information content (AvgIpc) is 3.12. The first-order chi connectivity index (χ1) is 15.1. The van der Waals surface area contributed by atoms with Crippen molar-refractivity contribution in [2.45, 2.75) is 32.9 Å². The van der Waals surface area contributed by atoms with Crippen molar-refractivity contribution in [1.82, 2.24) is 14.5 Å². The molecule has 1 aromatic heterocycles. The number of benzene rings is 2. The van der Waals surface area contributed by atoms with Gasteiger partial charge in [0.05, 0.1) is 12.1 Å². The number of fused-ring (bicyclic) bond motifs is 1. The third kappa shape index (κ3) is 3.62. The number of hydrogen-bond donors (Lipinski definition) is 2. The summed E-state index contributed by atoms with van der Waals surface area (Å²) in [6.07, 6.45) is 0. The predicted molar refractivity (Wildman–Crippen MR) is 116 cm³/mol. The van der Waals surface area contributed by atoms with Crippen molar-refractivity contribution >= 4 is 17.4 Å². The minimum Gasteiger partial charge on any atom is -0.340 e. The minimum atomic E-state index is -0.812. The molecular formula is C23H24F3N5O. The average molecular weight is 443 g/mol. The van der Waals surface area contributed by atoms with Crippen LogP contribution in [0.5, 0.6) is 0 Å². The van der Waals surface area contributed by atoms with E-state index < -0.39 is 17.2 Å². The first-order valence-electron chi connectivity index (χ1n) is 10.2. The van der Waals surface area contributed by atoms with Crippen LogP contribution in [0.15, 0.2) is 36.4 Å². The fourth-order valence-electron chi connectivity index (χ4n) is 4.06. The van der Waals surface area contributed by atoms with Gasteiger partial charge in [-0.25, -0.2) is 18.2 Å². The summed E-state index contributed by atoms with van der Waals surface area (Å²) in [5.41, 5.74) is 5.87. The molecule has 0 unspecified atom stereocenters. The van der Waals surface area contributed by atoms with Gasteiger partial charge in [0.2, 0.25) is 5.91 Å². The van der Waals surface area contributed by atoms with Crippen molar-refractivity contribution in [2.24, 2.45) is 5.73 Å². The molecule has 0 atom stereocenters. The quantitative estimate of drug-likeness (QED) is 0.638. The minimum absolute atomic E-state index is 0.0780. The molecule has 1 aliphatic rings. The summed E-state index contributed by atoms with van der Waals surface area (Å²) in [6.45, 7) is 5.72. The van der Waals surface area contributed by atoms with Gasteiger partial charge in [0.25, 0.3) is 0 Å². The molecule has 4 rings (SSSR count). The molecule has 9 heteroatoms. The molecule has 3 N–H and O–H groups in total. The van der Waals surface area contributed by atoms with E-state index in [1.165, 1.54) is 31.2 Å². The van der Waals surface area contributed by atoms with E-state index >= 15 is 0 Å². The van der Waals surface area contributed by atoms with Crippen LogP contribution in [0, 0.1) is 24.4 Å². The monoisotopic (exact) mass is 443 g/mol. The Labute approximate surface area is 183 Å². The summed E-state index contributed by atoms with van der Waals surface area (Å²) in [5.74, 6) is -0.915. The Morgan fingerprint density at radius 1 is 1.12 bits per heavy atom. The number of rotatable bonds is 4. The molecule has 2 heterocycles. The second kappa shape index (κ2) is 7.98. The lowest BCUT2D eigenvalue weighted by molar-refractivity contribution is -0.137. The number of hydrogen-bond acceptors (Lipinski definition) is 4. The lowest BCUT2D eigenvalue weighted by Gasteiger charge is -2.42. The molecule has 0 fully saturated rings. The van der Waals surface area contributed by atoms with Crippen LogP contribution in [0.25, 0.3) is 11.3 Å². The Balaban J connectivity index is 1.90. The molecule has 0 spiro atoms. The van der Waals surface area contributed by atoms with Gasteiger partial charge in [-0.2, -0.15) is 0 Å². The number of aromatic nitrogens is 2. The second-order valence-corrected chi connectivity index (χ2v) is 8.29. The molecule has 2 aromatic carbocycles. The molecule has 0 radical (unpaired) electrons. The Hall–Kier alpha value is -3.33. The predicted octanol–water partition coefficient (Wildman–Crippen LogP) is 4.06. The topological polar surface area (TPSA) is 76.2 Å². The van der Waals surface area contributed by atoms with Crippen LogP contribution >= 0.6 is 0 Å². The van der Waals surface area contributed by atoms with Gasteiger partial charge in [0.1, 0.15) is 34.8 Å². The Morgan fingerprint density at radius 2 is 1.75 bits per heavy atom. The number of nitrogens with one attached hydrogen (secondary N) is 1. The van der Waals surface area contributed by atoms with Gasteiger partial charge in [-0.15, -0.1) is 0 Å². The van der Waals surface area contributed by atoms with E-state index in [1.54, 1.807) is 17.0 Å². The molecule has 1 aliphatic heterocycles. The zero-order valence-electron chi connectivity index (χ0n) is 18.0. The fraction of sp³-hybridized carbons (Fsp3) is 0.304. The van der Waals surface area contributed by atoms with E-state index in [0.717, 1.165) is 0 Å². The van der Waals surface area contributed by atoms with E-state index in [2.05, 4.69) is 5.32 Å². The molecule has 168 valence electrons. The van der Waals surface area contributed by atoms with Crippen LogP contribution in [0.4, 0.5) is 24.7 Å². The van der Waals surface area contributed by atoms with Crippen molar-refractivity contribution in [3.63, 3.8) is 0 Å². The van der Waals surface area contributed by atoms with Crippen LogP contribution in [0.2, 0.25) is 0 Å². The smallest absolute Gasteiger partial charge is 0.237 e. The number of amides is 1. The molecule has 0 saturated carbocycles. The molecule has 3 aromatic rings. The largest absolute Gasteiger partial charge is 0.340 e. The van der Waals surface area contributed by atoms with Crippen molar-refractivity contribution in [2.75, 3.05) is 18.4 Å². The number of nitrogens with two attached hydrogens (primary N) is 1. The van der Waals surface area contributed by atoms with Gasteiger partial charge in [0.15, 0.2) is 0 Å². The van der Waals surface area contributed by atoms with Crippen molar-refractivity contribution < 1.29 is 18.0 Å². The Morgan fingerprint density at radius 3 is 2.34 bits per heavy atom. The van der Waals surface area contributed by atoms with Gasteiger partial charge in [-0.3, -0.25) is 4.79 Å². The zero-order valence-corrected chi connectivity index (χ0v) is 18.0. The molecule has 6 nitrogen and oxygen atoms in total. The summed E-state index contributed by atoms with van der Waals surface area (Å²) in [5, 5.41) is 3.22. The summed E-state index contributed by atoms with van der Waals surface area (Å²) in [6, 6.07) is 8.22. The van der Waals surface area contributed by atoms with E-state index in [1.807, 2.05) is 18.4 Å². The molecule has 0 bridgehead atoms. The number of carbonyl (C=O) groups is 1. The van der Waals surface area contributed by atoms with Gasteiger partial charge >= 0.3 is 0 Å². The highest BCUT2D eigenvalue weighted by atomic mass is 19.1. The maximum Gasteiger partial charge on any atom is 0.237 e. The van der Waals surface area contributed by atoms with Gasteiger partial charge in [0, 0.05) is 29.9 Å². The molecule has 32 heavy (non-hydrogen) atoms. The maximum atomic E-state index is 14.4. The molecule has 0 aliphatic carbocycles. The van der Waals surface area contributed by atoms with Gasteiger partial charge in [-0.1, -0.05) is 0 Å². The maximum absolute atomic E-state index is 14.4. The van der Waals surface area contributed by atoms with E-state index in [-0.39, 0.29) is 29.4 Å². The zero-order chi connectivity index (χ0) is 23.2. The van der Waals surface area contributed by atoms with Crippen LogP contribution in [-0.2, 0) is 16.9 Å². The van der Waals surface area contributed by atoms with Crippen LogP contribution in [0.3, 0.4) is 0 Å². The van der Waals surface area contributed by atoms with Crippen LogP contribution in [-0.4, -0.2) is 33.4 Å². The van der Waals surface area contributed by atoms with Gasteiger partial charge < -0.3 is 20.5 Å². The van der Waals surface area contributed by atoms with Crippen molar-refractivity contribution in [3.8, 4) is 11.3 Å². The highest BCUT2D eigenvalue weighted by Gasteiger charge is 2.41. The van der Waals surface area contributed by atoms with E-state index in [9.17, 15) is 18.0 Å². The van der Waals surface area contributed by atoms with E-state index in [4.69, 9.17) is 10.7 Å². The third-order valence-electron chi connectivity index (χ3n) is 5.87. The normalized spacial score (nSPS) is 14.9. The highest BCUT2D eigenvalue weighted by molar-refractivity contribution is 5.80. The number of halogens is 3. The van der Waals surface area contributed by atoms with Crippen LogP contribution < -0.4 is 11.1 Å². The Bertz CT molecular complexity index is 1160. The van der Waals surface area contributed by atoms with Gasteiger partial charge in [-0.05, 0) is 57.2 Å². The fourth-order valence-corrected chi connectivity index (χ4v) is 4.06. The number of anilines is 2. The number of nitrogens with zero attached hydrogens (tertiary/aromatic N) is 3. The third-order valence-corrected chi connectivity index (χ3v) is 5.87. The SMILES string of the molecule is Cc1c(F)cc(-c2nc3n(c2Nc2ccc(F)cc2)CCN(C(=O)CN)C3(C)C)cc1F. The lowest BCUT2D eigenvalue weighted by Crippen LogP contribution is -2.53. The second-order valence-electron chi connectivity index (χ2n) is 8.29. The first-order valence-corrected chi connectivity index (χ1v) is 10.2. The molecule has 0 saturated heterocycles. The first kappa shape index (κ1) is 21.9. The highest BCUT2D eigenvalue weighted by Crippen LogP contribution is 2.40. The number of carbonyl (C=O) groups excluding carboxylic acids is 1. The van der Waals surface area contributed by atoms with E-state index in [0.29, 0.717) is 36.1 Å². The molecule has 1 amide bonds. The standard InChI is InChI=1S/C23H24F3N5O/c1-13-17(25)10-14(11-18(13)26)20-21(28-16-6-4-15(24)5-7-16)30-8-9-31(19(32)12-27)23(2,3)22(30)29-20/h4-7,10-11,28H,8-9,12,27H2,1-3H3. The Kier molecular flexibility index (Phi) is 5.46. The van der Waals surface area contributed by atoms with Crippen molar-refractivity contribution in [3.05, 3.63) is 65.2 Å². The summed E-state index contributed by atoms with van der Waals surface area (Å²) >= 11 is 0. The number of imidazole rings is 1. The summed E-state index contributed by atoms with van der Waals surface area (Å²) < 4.78 is 44.0.